The van der Waals surface area contributed by atoms with E-state index < -0.39 is 0 Å². The van der Waals surface area contributed by atoms with Crippen molar-refractivity contribution in [1.29, 1.82) is 0 Å². The Balaban J connectivity index is 2.03. The van der Waals surface area contributed by atoms with Crippen LogP contribution in [0.1, 0.15) is 13.8 Å². The number of hydrogen-bond acceptors (Lipinski definition) is 4. The summed E-state index contributed by atoms with van der Waals surface area (Å²) in [5, 5.41) is 6.48. The topological polar surface area (TPSA) is 43.6 Å². The van der Waals surface area contributed by atoms with E-state index in [1.54, 1.807) is 18.1 Å². The molecule has 3 rings (SSSR count). The molecule has 0 bridgehead atoms. The van der Waals surface area contributed by atoms with Gasteiger partial charge >= 0.3 is 0 Å². The monoisotopic (exact) mass is 284 g/mol. The van der Waals surface area contributed by atoms with Gasteiger partial charge in [0.2, 0.25) is 0 Å². The molecule has 0 saturated heterocycles. The maximum atomic E-state index is 4.45. The molecule has 0 N–H and O–H groups in total. The second-order valence-corrected chi connectivity index (χ2v) is 6.02. The SMILES string of the molecule is CC(C)CSc1ncnc2c1cnn2-c1ccccc1. The molecule has 0 radical (unpaired) electrons. The van der Waals surface area contributed by atoms with Gasteiger partial charge in [0.1, 0.15) is 11.4 Å². The van der Waals surface area contributed by atoms with Gasteiger partial charge in [-0.25, -0.2) is 14.6 Å². The molecule has 0 aliphatic heterocycles. The lowest BCUT2D eigenvalue weighted by Crippen LogP contribution is -1.98. The third-order valence-electron chi connectivity index (χ3n) is 2.88. The zero-order chi connectivity index (χ0) is 13.9. The van der Waals surface area contributed by atoms with E-state index >= 15 is 0 Å². The Kier molecular flexibility index (Phi) is 3.69. The smallest absolute Gasteiger partial charge is 0.167 e. The maximum Gasteiger partial charge on any atom is 0.167 e. The predicted molar refractivity (Wildman–Crippen MR) is 82.2 cm³/mol. The lowest BCUT2D eigenvalue weighted by atomic mass is 10.3. The predicted octanol–water partition coefficient (Wildman–Crippen LogP) is 3.56. The summed E-state index contributed by atoms with van der Waals surface area (Å²) in [7, 11) is 0. The van der Waals surface area contributed by atoms with Crippen molar-refractivity contribution >= 4 is 22.8 Å². The summed E-state index contributed by atoms with van der Waals surface area (Å²) in [6.07, 6.45) is 3.47. The van der Waals surface area contributed by atoms with Crippen LogP contribution in [0, 0.1) is 5.92 Å². The molecule has 0 amide bonds. The van der Waals surface area contributed by atoms with Gasteiger partial charge in [-0.1, -0.05) is 32.0 Å². The highest BCUT2D eigenvalue weighted by atomic mass is 32.2. The quantitative estimate of drug-likeness (QED) is 0.542. The normalized spacial score (nSPS) is 11.3. The molecule has 0 aliphatic rings. The van der Waals surface area contributed by atoms with E-state index in [4.69, 9.17) is 0 Å². The van der Waals surface area contributed by atoms with Gasteiger partial charge in [0, 0.05) is 5.75 Å². The Hall–Kier alpha value is -1.88. The van der Waals surface area contributed by atoms with E-state index in [9.17, 15) is 0 Å². The van der Waals surface area contributed by atoms with Gasteiger partial charge in [-0.3, -0.25) is 0 Å². The number of aromatic nitrogens is 4. The first-order valence-corrected chi connectivity index (χ1v) is 7.61. The number of nitrogens with zero attached hydrogens (tertiary/aromatic N) is 4. The lowest BCUT2D eigenvalue weighted by molar-refractivity contribution is 0.749. The standard InChI is InChI=1S/C15H16N4S/c1-11(2)9-20-15-13-8-18-19(14(13)16-10-17-15)12-6-4-3-5-7-12/h3-8,10-11H,9H2,1-2H3. The van der Waals surface area contributed by atoms with E-state index in [-0.39, 0.29) is 0 Å². The van der Waals surface area contributed by atoms with Crippen LogP contribution in [-0.2, 0) is 0 Å². The largest absolute Gasteiger partial charge is 0.229 e. The van der Waals surface area contributed by atoms with Crippen LogP contribution in [0.5, 0.6) is 0 Å². The summed E-state index contributed by atoms with van der Waals surface area (Å²) in [6.45, 7) is 4.41. The van der Waals surface area contributed by atoms with Crippen LogP contribution in [0.2, 0.25) is 0 Å². The van der Waals surface area contributed by atoms with Gasteiger partial charge in [-0.2, -0.15) is 5.10 Å². The Bertz CT molecular complexity index is 706. The van der Waals surface area contributed by atoms with Gasteiger partial charge < -0.3 is 0 Å². The van der Waals surface area contributed by atoms with Crippen molar-refractivity contribution in [2.75, 3.05) is 5.75 Å². The fourth-order valence-electron chi connectivity index (χ4n) is 1.94. The van der Waals surface area contributed by atoms with Crippen LogP contribution in [-0.4, -0.2) is 25.5 Å². The molecule has 4 nitrogen and oxygen atoms in total. The van der Waals surface area contributed by atoms with Crippen LogP contribution >= 0.6 is 11.8 Å². The number of fused-ring (bicyclic) bond motifs is 1. The molecule has 20 heavy (non-hydrogen) atoms. The Morgan fingerprint density at radius 1 is 1.15 bits per heavy atom. The third kappa shape index (κ3) is 2.54. The van der Waals surface area contributed by atoms with E-state index in [1.165, 1.54) is 0 Å². The van der Waals surface area contributed by atoms with Crippen LogP contribution in [0.15, 0.2) is 47.9 Å². The van der Waals surface area contributed by atoms with Gasteiger partial charge in [0.25, 0.3) is 0 Å². The zero-order valence-corrected chi connectivity index (χ0v) is 12.3. The van der Waals surface area contributed by atoms with Crippen molar-refractivity contribution in [1.82, 2.24) is 19.7 Å². The molecule has 1 aromatic carbocycles. The highest BCUT2D eigenvalue weighted by molar-refractivity contribution is 7.99. The van der Waals surface area contributed by atoms with Crippen LogP contribution in [0.3, 0.4) is 0 Å². The molecule has 102 valence electrons. The number of hydrogen-bond donors (Lipinski definition) is 0. The summed E-state index contributed by atoms with van der Waals surface area (Å²) in [5.74, 6) is 1.68. The first-order chi connectivity index (χ1) is 9.75. The first-order valence-electron chi connectivity index (χ1n) is 6.62. The molecule has 0 saturated carbocycles. The minimum Gasteiger partial charge on any atom is -0.229 e. The highest BCUT2D eigenvalue weighted by Gasteiger charge is 2.11. The number of para-hydroxylation sites is 1. The summed E-state index contributed by atoms with van der Waals surface area (Å²) in [4.78, 5) is 8.77. The molecule has 0 aliphatic carbocycles. The summed E-state index contributed by atoms with van der Waals surface area (Å²) in [6, 6.07) is 10.0. The van der Waals surface area contributed by atoms with Crippen LogP contribution in [0.4, 0.5) is 0 Å². The highest BCUT2D eigenvalue weighted by Crippen LogP contribution is 2.26. The number of benzene rings is 1. The molecule has 5 heteroatoms. The second-order valence-electron chi connectivity index (χ2n) is 5.01. The summed E-state index contributed by atoms with van der Waals surface area (Å²) < 4.78 is 1.86. The minimum atomic E-state index is 0.634. The van der Waals surface area contributed by atoms with Gasteiger partial charge in [-0.05, 0) is 18.1 Å². The van der Waals surface area contributed by atoms with Gasteiger partial charge in [0.15, 0.2) is 5.65 Å². The molecule has 2 aromatic heterocycles. The Morgan fingerprint density at radius 2 is 1.95 bits per heavy atom. The van der Waals surface area contributed by atoms with Crippen molar-refractivity contribution in [3.8, 4) is 5.69 Å². The average Bonchev–Trinajstić information content (AvgIpc) is 2.90. The van der Waals surface area contributed by atoms with E-state index in [0.717, 1.165) is 27.5 Å². The van der Waals surface area contributed by atoms with E-state index in [1.807, 2.05) is 41.2 Å². The van der Waals surface area contributed by atoms with Crippen molar-refractivity contribution in [2.24, 2.45) is 5.92 Å². The summed E-state index contributed by atoms with van der Waals surface area (Å²) >= 11 is 1.76. The Labute approximate surface area is 122 Å². The summed E-state index contributed by atoms with van der Waals surface area (Å²) in [5.41, 5.74) is 1.87. The molecule has 0 atom stereocenters. The average molecular weight is 284 g/mol. The molecule has 0 fully saturated rings. The van der Waals surface area contributed by atoms with Crippen LogP contribution in [0.25, 0.3) is 16.7 Å². The van der Waals surface area contributed by atoms with Crippen LogP contribution < -0.4 is 0 Å². The molecule has 0 spiro atoms. The molecule has 2 heterocycles. The van der Waals surface area contributed by atoms with Gasteiger partial charge in [-0.15, -0.1) is 11.8 Å². The lowest BCUT2D eigenvalue weighted by Gasteiger charge is -2.05. The van der Waals surface area contributed by atoms with Gasteiger partial charge in [0.05, 0.1) is 17.3 Å². The molecule has 3 aromatic rings. The van der Waals surface area contributed by atoms with E-state index in [2.05, 4.69) is 28.9 Å². The van der Waals surface area contributed by atoms with Crippen molar-refractivity contribution in [3.05, 3.63) is 42.9 Å². The van der Waals surface area contributed by atoms with Crippen molar-refractivity contribution < 1.29 is 0 Å². The third-order valence-corrected chi connectivity index (χ3v) is 4.32. The fraction of sp³-hybridized carbons (Fsp3) is 0.267. The number of thioether (sulfide) groups is 1. The molecular weight excluding hydrogens is 268 g/mol. The fourth-order valence-corrected chi connectivity index (χ4v) is 2.85. The second kappa shape index (κ2) is 5.63. The molecular formula is C15H16N4S. The maximum absolute atomic E-state index is 4.45. The van der Waals surface area contributed by atoms with Crippen molar-refractivity contribution in [3.63, 3.8) is 0 Å². The van der Waals surface area contributed by atoms with E-state index in [0.29, 0.717) is 5.92 Å². The first kappa shape index (κ1) is 13.1. The van der Waals surface area contributed by atoms with Crippen molar-refractivity contribution in [2.45, 2.75) is 18.9 Å². The Morgan fingerprint density at radius 3 is 2.70 bits per heavy atom. The zero-order valence-electron chi connectivity index (χ0n) is 11.5. The minimum absolute atomic E-state index is 0.634. The number of rotatable bonds is 4. The molecule has 0 unspecified atom stereocenters.